The van der Waals surface area contributed by atoms with Gasteiger partial charge in [-0.3, -0.25) is 14.6 Å². The summed E-state index contributed by atoms with van der Waals surface area (Å²) in [5, 5.41) is 21.7. The van der Waals surface area contributed by atoms with Crippen LogP contribution in [0.25, 0.3) is 0 Å². The van der Waals surface area contributed by atoms with E-state index in [0.717, 1.165) is 11.9 Å². The van der Waals surface area contributed by atoms with E-state index in [1.54, 1.807) is 12.3 Å². The number of carbonyl (C=O) groups is 2. The summed E-state index contributed by atoms with van der Waals surface area (Å²) in [7, 11) is 1.51. The molecule has 0 aliphatic heterocycles. The molecule has 0 fully saturated rings. The lowest BCUT2D eigenvalue weighted by atomic mass is 10.2. The number of carbonyl (C=O) groups excluding carboxylic acids is 1. The number of carboxylic acids is 1. The highest BCUT2D eigenvalue weighted by atomic mass is 16.4. The molecular formula is C10H11N5O3. The summed E-state index contributed by atoms with van der Waals surface area (Å²) < 4.78 is 1.23. The van der Waals surface area contributed by atoms with Crippen LogP contribution in [0.2, 0.25) is 0 Å². The van der Waals surface area contributed by atoms with Crippen LogP contribution in [0.3, 0.4) is 0 Å². The smallest absolute Gasteiger partial charge is 0.339 e. The molecule has 2 heterocycles. The van der Waals surface area contributed by atoms with Crippen molar-refractivity contribution in [3.05, 3.63) is 35.4 Å². The molecular weight excluding hydrogens is 238 g/mol. The van der Waals surface area contributed by atoms with Crippen LogP contribution in [0.5, 0.6) is 0 Å². The Morgan fingerprint density at radius 2 is 2.33 bits per heavy atom. The number of rotatable bonds is 4. The molecule has 0 unspecified atom stereocenters. The standard InChI is InChI=1S/C10H11N5O3/c1-15-8(7(5-13-15)10(17)18)9(16)11-4-6-2-3-12-14-6/h2-3,5H,4H2,1H3,(H,11,16)(H,12,14)(H,17,18). The summed E-state index contributed by atoms with van der Waals surface area (Å²) in [5.74, 6) is -1.68. The SMILES string of the molecule is Cn1ncc(C(=O)O)c1C(=O)NCc1ccn[nH]1. The fraction of sp³-hybridized carbons (Fsp3) is 0.200. The van der Waals surface area contributed by atoms with Crippen LogP contribution in [-0.4, -0.2) is 37.0 Å². The highest BCUT2D eigenvalue weighted by Gasteiger charge is 2.21. The maximum absolute atomic E-state index is 11.9. The first-order chi connectivity index (χ1) is 8.59. The molecule has 0 radical (unpaired) electrons. The number of amides is 1. The highest BCUT2D eigenvalue weighted by molar-refractivity contribution is 6.03. The Bertz CT molecular complexity index is 572. The molecule has 0 bridgehead atoms. The number of aryl methyl sites for hydroxylation is 1. The molecule has 8 heteroatoms. The van der Waals surface area contributed by atoms with Crippen molar-refractivity contribution in [2.75, 3.05) is 0 Å². The van der Waals surface area contributed by atoms with E-state index < -0.39 is 11.9 Å². The van der Waals surface area contributed by atoms with Crippen molar-refractivity contribution in [2.45, 2.75) is 6.54 Å². The number of nitrogens with zero attached hydrogens (tertiary/aromatic N) is 3. The van der Waals surface area contributed by atoms with Crippen LogP contribution in [-0.2, 0) is 13.6 Å². The number of carboxylic acid groups (broad SMARTS) is 1. The van der Waals surface area contributed by atoms with Crippen molar-refractivity contribution < 1.29 is 14.7 Å². The molecule has 0 aliphatic rings. The molecule has 0 saturated carbocycles. The summed E-state index contributed by atoms with van der Waals surface area (Å²) in [6, 6.07) is 1.71. The van der Waals surface area contributed by atoms with Gasteiger partial charge in [0.25, 0.3) is 5.91 Å². The van der Waals surface area contributed by atoms with E-state index >= 15 is 0 Å². The number of hydrogen-bond acceptors (Lipinski definition) is 4. The first-order valence-corrected chi connectivity index (χ1v) is 5.11. The molecule has 0 atom stereocenters. The van der Waals surface area contributed by atoms with Crippen molar-refractivity contribution in [1.82, 2.24) is 25.3 Å². The molecule has 1 amide bonds. The lowest BCUT2D eigenvalue weighted by molar-refractivity contribution is 0.0690. The number of aromatic carboxylic acids is 1. The molecule has 0 aliphatic carbocycles. The van der Waals surface area contributed by atoms with Crippen LogP contribution in [0.15, 0.2) is 18.5 Å². The van der Waals surface area contributed by atoms with Crippen molar-refractivity contribution in [3.8, 4) is 0 Å². The van der Waals surface area contributed by atoms with E-state index in [9.17, 15) is 9.59 Å². The fourth-order valence-electron chi connectivity index (χ4n) is 1.51. The van der Waals surface area contributed by atoms with Crippen LogP contribution >= 0.6 is 0 Å². The minimum Gasteiger partial charge on any atom is -0.478 e. The van der Waals surface area contributed by atoms with Gasteiger partial charge in [-0.15, -0.1) is 0 Å². The number of H-pyrrole nitrogens is 1. The van der Waals surface area contributed by atoms with Crippen LogP contribution in [0, 0.1) is 0 Å². The Labute approximate surface area is 102 Å². The molecule has 8 nitrogen and oxygen atoms in total. The lowest BCUT2D eigenvalue weighted by Crippen LogP contribution is -2.27. The van der Waals surface area contributed by atoms with E-state index in [2.05, 4.69) is 20.6 Å². The van der Waals surface area contributed by atoms with E-state index in [4.69, 9.17) is 5.11 Å². The van der Waals surface area contributed by atoms with Gasteiger partial charge in [0, 0.05) is 13.2 Å². The number of hydrogen-bond donors (Lipinski definition) is 3. The Morgan fingerprint density at radius 3 is 2.94 bits per heavy atom. The summed E-state index contributed by atoms with van der Waals surface area (Å²) in [5.41, 5.74) is 0.615. The summed E-state index contributed by atoms with van der Waals surface area (Å²) in [6.07, 6.45) is 2.71. The van der Waals surface area contributed by atoms with Gasteiger partial charge in [0.1, 0.15) is 11.3 Å². The molecule has 2 rings (SSSR count). The zero-order valence-electron chi connectivity index (χ0n) is 9.54. The predicted molar refractivity (Wildman–Crippen MR) is 59.9 cm³/mol. The summed E-state index contributed by atoms with van der Waals surface area (Å²) in [6.45, 7) is 0.239. The molecule has 94 valence electrons. The van der Waals surface area contributed by atoms with E-state index in [1.807, 2.05) is 0 Å². The fourth-order valence-corrected chi connectivity index (χ4v) is 1.51. The quantitative estimate of drug-likeness (QED) is 0.692. The zero-order chi connectivity index (χ0) is 13.1. The number of aromatic amines is 1. The molecule has 0 aromatic carbocycles. The van der Waals surface area contributed by atoms with Gasteiger partial charge < -0.3 is 10.4 Å². The first kappa shape index (κ1) is 11.8. The van der Waals surface area contributed by atoms with Gasteiger partial charge in [0.15, 0.2) is 0 Å². The Morgan fingerprint density at radius 1 is 1.56 bits per heavy atom. The van der Waals surface area contributed by atoms with Crippen LogP contribution in [0.1, 0.15) is 26.5 Å². The van der Waals surface area contributed by atoms with Crippen LogP contribution < -0.4 is 5.32 Å². The van der Waals surface area contributed by atoms with E-state index in [-0.39, 0.29) is 17.8 Å². The third-order valence-electron chi connectivity index (χ3n) is 2.38. The second kappa shape index (κ2) is 4.70. The van der Waals surface area contributed by atoms with E-state index in [1.165, 1.54) is 11.7 Å². The number of nitrogens with one attached hydrogen (secondary N) is 2. The Hall–Kier alpha value is -2.64. The largest absolute Gasteiger partial charge is 0.478 e. The lowest BCUT2D eigenvalue weighted by Gasteiger charge is -2.05. The van der Waals surface area contributed by atoms with Crippen molar-refractivity contribution >= 4 is 11.9 Å². The van der Waals surface area contributed by atoms with Gasteiger partial charge in [-0.2, -0.15) is 10.2 Å². The highest BCUT2D eigenvalue weighted by Crippen LogP contribution is 2.07. The Kier molecular flexibility index (Phi) is 3.09. The number of aromatic nitrogens is 4. The maximum Gasteiger partial charge on any atom is 0.339 e. The zero-order valence-corrected chi connectivity index (χ0v) is 9.54. The van der Waals surface area contributed by atoms with Gasteiger partial charge in [-0.05, 0) is 6.07 Å². The minimum atomic E-state index is -1.19. The van der Waals surface area contributed by atoms with Gasteiger partial charge >= 0.3 is 5.97 Å². The minimum absolute atomic E-state index is 0.0158. The predicted octanol–water partition coefficient (Wildman–Crippen LogP) is -0.229. The molecule has 3 N–H and O–H groups in total. The first-order valence-electron chi connectivity index (χ1n) is 5.11. The van der Waals surface area contributed by atoms with Gasteiger partial charge in [-0.1, -0.05) is 0 Å². The van der Waals surface area contributed by atoms with Crippen molar-refractivity contribution in [1.29, 1.82) is 0 Å². The molecule has 0 spiro atoms. The Balaban J connectivity index is 2.13. The molecule has 0 saturated heterocycles. The maximum atomic E-state index is 11.9. The molecule has 2 aromatic heterocycles. The average Bonchev–Trinajstić information content (AvgIpc) is 2.94. The van der Waals surface area contributed by atoms with Gasteiger partial charge in [0.2, 0.25) is 0 Å². The van der Waals surface area contributed by atoms with Gasteiger partial charge in [0.05, 0.1) is 18.4 Å². The van der Waals surface area contributed by atoms with Crippen molar-refractivity contribution in [3.63, 3.8) is 0 Å². The summed E-state index contributed by atoms with van der Waals surface area (Å²) in [4.78, 5) is 22.8. The third-order valence-corrected chi connectivity index (χ3v) is 2.38. The monoisotopic (exact) mass is 249 g/mol. The summed E-state index contributed by atoms with van der Waals surface area (Å²) >= 11 is 0. The topological polar surface area (TPSA) is 113 Å². The molecule has 18 heavy (non-hydrogen) atoms. The normalized spacial score (nSPS) is 10.3. The van der Waals surface area contributed by atoms with Crippen LogP contribution in [0.4, 0.5) is 0 Å². The third kappa shape index (κ3) is 2.21. The average molecular weight is 249 g/mol. The molecule has 2 aromatic rings. The second-order valence-corrected chi connectivity index (χ2v) is 3.60. The van der Waals surface area contributed by atoms with Gasteiger partial charge in [-0.25, -0.2) is 4.79 Å². The second-order valence-electron chi connectivity index (χ2n) is 3.60. The van der Waals surface area contributed by atoms with Crippen molar-refractivity contribution in [2.24, 2.45) is 7.05 Å². The van der Waals surface area contributed by atoms with E-state index in [0.29, 0.717) is 0 Å².